The molecule has 2 aromatic carbocycles. The number of hydrogen-bond acceptors (Lipinski definition) is 6. The molecule has 3 aromatic rings. The monoisotopic (exact) mass is 462 g/mol. The molecule has 34 heavy (non-hydrogen) atoms. The van der Waals surface area contributed by atoms with Crippen molar-refractivity contribution in [3.63, 3.8) is 0 Å². The molecular weight excluding hydrogens is 428 g/mol. The van der Waals surface area contributed by atoms with Crippen molar-refractivity contribution in [2.24, 2.45) is 5.92 Å². The third-order valence-corrected chi connectivity index (χ3v) is 6.36. The van der Waals surface area contributed by atoms with E-state index < -0.39 is 0 Å². The Bertz CT molecular complexity index is 1100. The zero-order valence-corrected chi connectivity index (χ0v) is 20.7. The van der Waals surface area contributed by atoms with Gasteiger partial charge in [-0.05, 0) is 76.9 Å². The number of benzene rings is 2. The van der Waals surface area contributed by atoms with Gasteiger partial charge in [0.25, 0.3) is 0 Å². The Kier molecular flexibility index (Phi) is 6.91. The summed E-state index contributed by atoms with van der Waals surface area (Å²) in [6, 6.07) is 16.0. The number of nitrogens with zero attached hydrogens (tertiary/aromatic N) is 4. The zero-order chi connectivity index (χ0) is 24.3. The van der Waals surface area contributed by atoms with E-state index in [0.717, 1.165) is 37.2 Å². The Morgan fingerprint density at radius 3 is 2.50 bits per heavy atom. The van der Waals surface area contributed by atoms with Crippen LogP contribution < -0.4 is 9.64 Å². The first-order valence-corrected chi connectivity index (χ1v) is 11.8. The Balaban J connectivity index is 1.49. The SMILES string of the molecule is COc1ccc(-c2noc(CN(C(=O)[C@@H]3CCCN(c4ccc(C)cc4)C3)C(C)(C)C)n2)cc1. The van der Waals surface area contributed by atoms with Crippen molar-refractivity contribution in [1.29, 1.82) is 0 Å². The van der Waals surface area contributed by atoms with E-state index in [1.54, 1.807) is 7.11 Å². The number of aryl methyl sites for hydroxylation is 1. The normalized spacial score (nSPS) is 16.4. The van der Waals surface area contributed by atoms with Gasteiger partial charge >= 0.3 is 0 Å². The molecule has 1 saturated heterocycles. The fourth-order valence-electron chi connectivity index (χ4n) is 4.35. The van der Waals surface area contributed by atoms with Gasteiger partial charge < -0.3 is 19.1 Å². The van der Waals surface area contributed by atoms with Gasteiger partial charge in [0.15, 0.2) is 0 Å². The third-order valence-electron chi connectivity index (χ3n) is 6.36. The van der Waals surface area contributed by atoms with Crippen molar-refractivity contribution in [3.8, 4) is 17.1 Å². The summed E-state index contributed by atoms with van der Waals surface area (Å²) in [4.78, 5) is 22.5. The number of methoxy groups -OCH3 is 1. The number of aromatic nitrogens is 2. The summed E-state index contributed by atoms with van der Waals surface area (Å²) >= 11 is 0. The summed E-state index contributed by atoms with van der Waals surface area (Å²) in [7, 11) is 1.63. The molecule has 0 unspecified atom stereocenters. The Hall–Kier alpha value is -3.35. The molecule has 0 bridgehead atoms. The van der Waals surface area contributed by atoms with Crippen molar-refractivity contribution < 1.29 is 14.1 Å². The number of carbonyl (C=O) groups excluding carboxylic acids is 1. The zero-order valence-electron chi connectivity index (χ0n) is 20.7. The predicted molar refractivity (Wildman–Crippen MR) is 133 cm³/mol. The highest BCUT2D eigenvalue weighted by Crippen LogP contribution is 2.28. The lowest BCUT2D eigenvalue weighted by Gasteiger charge is -2.40. The molecule has 0 spiro atoms. The first-order valence-electron chi connectivity index (χ1n) is 11.8. The molecule has 7 heteroatoms. The first-order chi connectivity index (χ1) is 16.2. The van der Waals surface area contributed by atoms with Crippen LogP contribution in [0, 0.1) is 12.8 Å². The van der Waals surface area contributed by atoms with Crippen LogP contribution in [0.25, 0.3) is 11.4 Å². The minimum absolute atomic E-state index is 0.0711. The second-order valence-corrected chi connectivity index (χ2v) is 9.96. The van der Waals surface area contributed by atoms with E-state index in [4.69, 9.17) is 9.26 Å². The quantitative estimate of drug-likeness (QED) is 0.508. The van der Waals surface area contributed by atoms with Crippen LogP contribution in [0.5, 0.6) is 5.75 Å². The predicted octanol–water partition coefficient (Wildman–Crippen LogP) is 5.10. The Labute approximate surface area is 201 Å². The van der Waals surface area contributed by atoms with Crippen LogP contribution in [0.15, 0.2) is 53.1 Å². The van der Waals surface area contributed by atoms with Crippen LogP contribution in [0.1, 0.15) is 45.1 Å². The van der Waals surface area contributed by atoms with Gasteiger partial charge in [0.05, 0.1) is 13.0 Å². The minimum Gasteiger partial charge on any atom is -0.497 e. The van der Waals surface area contributed by atoms with Crippen LogP contribution in [0.4, 0.5) is 5.69 Å². The van der Waals surface area contributed by atoms with E-state index in [1.807, 2.05) is 49.9 Å². The lowest BCUT2D eigenvalue weighted by molar-refractivity contribution is -0.142. The van der Waals surface area contributed by atoms with Crippen molar-refractivity contribution in [3.05, 3.63) is 60.0 Å². The van der Waals surface area contributed by atoms with E-state index in [2.05, 4.69) is 46.2 Å². The highest BCUT2D eigenvalue weighted by Gasteiger charge is 2.35. The maximum Gasteiger partial charge on any atom is 0.246 e. The largest absolute Gasteiger partial charge is 0.497 e. The molecule has 0 aliphatic carbocycles. The summed E-state index contributed by atoms with van der Waals surface area (Å²) in [5, 5.41) is 4.13. The molecule has 1 aromatic heterocycles. The molecule has 7 nitrogen and oxygen atoms in total. The summed E-state index contributed by atoms with van der Waals surface area (Å²) in [6.07, 6.45) is 1.87. The molecule has 1 fully saturated rings. The second-order valence-electron chi connectivity index (χ2n) is 9.96. The number of carbonyl (C=O) groups is 1. The van der Waals surface area contributed by atoms with Gasteiger partial charge in [0.2, 0.25) is 17.6 Å². The molecule has 180 valence electrons. The van der Waals surface area contributed by atoms with Crippen LogP contribution >= 0.6 is 0 Å². The minimum atomic E-state index is -0.377. The van der Waals surface area contributed by atoms with Gasteiger partial charge in [-0.15, -0.1) is 0 Å². The first kappa shape index (κ1) is 23.8. The topological polar surface area (TPSA) is 71.7 Å². The Morgan fingerprint density at radius 2 is 1.85 bits per heavy atom. The number of ether oxygens (including phenoxy) is 1. The molecule has 1 aliphatic rings. The van der Waals surface area contributed by atoms with Gasteiger partial charge in [-0.1, -0.05) is 22.9 Å². The molecular formula is C27H34N4O3. The van der Waals surface area contributed by atoms with E-state index in [-0.39, 0.29) is 23.9 Å². The second kappa shape index (κ2) is 9.87. The molecule has 0 N–H and O–H groups in total. The number of anilines is 1. The van der Waals surface area contributed by atoms with Crippen LogP contribution in [-0.4, -0.2) is 46.7 Å². The average molecular weight is 463 g/mol. The molecule has 4 rings (SSSR count). The van der Waals surface area contributed by atoms with Crippen LogP contribution in [0.2, 0.25) is 0 Å². The van der Waals surface area contributed by atoms with Gasteiger partial charge in [-0.2, -0.15) is 4.98 Å². The van der Waals surface area contributed by atoms with Crippen molar-refractivity contribution >= 4 is 11.6 Å². The maximum atomic E-state index is 13.7. The molecule has 0 radical (unpaired) electrons. The van der Waals surface area contributed by atoms with E-state index in [0.29, 0.717) is 11.7 Å². The highest BCUT2D eigenvalue weighted by atomic mass is 16.5. The number of amides is 1. The molecule has 1 aliphatic heterocycles. The standard InChI is InChI=1S/C27H34N4O3/c1-19-8-12-22(13-9-19)30-16-6-7-21(17-30)26(32)31(27(2,3)4)18-24-28-25(29-34-24)20-10-14-23(33-5)15-11-20/h8-15,21H,6-7,16-18H2,1-5H3/t21-/m1/s1. The van der Waals surface area contributed by atoms with E-state index in [1.165, 1.54) is 11.3 Å². The lowest BCUT2D eigenvalue weighted by atomic mass is 9.93. The summed E-state index contributed by atoms with van der Waals surface area (Å²) in [5.41, 5.74) is 2.87. The van der Waals surface area contributed by atoms with Gasteiger partial charge in [-0.25, -0.2) is 0 Å². The Morgan fingerprint density at radius 1 is 1.15 bits per heavy atom. The average Bonchev–Trinajstić information content (AvgIpc) is 3.31. The van der Waals surface area contributed by atoms with Gasteiger partial charge in [0, 0.05) is 29.9 Å². The van der Waals surface area contributed by atoms with E-state index in [9.17, 15) is 4.79 Å². The fourth-order valence-corrected chi connectivity index (χ4v) is 4.35. The summed E-state index contributed by atoms with van der Waals surface area (Å²) in [6.45, 7) is 10.2. The van der Waals surface area contributed by atoms with Crippen LogP contribution in [0.3, 0.4) is 0 Å². The lowest BCUT2D eigenvalue weighted by Crippen LogP contribution is -2.51. The number of piperidine rings is 1. The fraction of sp³-hybridized carbons (Fsp3) is 0.444. The molecule has 0 saturated carbocycles. The highest BCUT2D eigenvalue weighted by molar-refractivity contribution is 5.80. The van der Waals surface area contributed by atoms with E-state index >= 15 is 0 Å². The molecule has 2 heterocycles. The third kappa shape index (κ3) is 5.41. The maximum absolute atomic E-state index is 13.7. The number of rotatable bonds is 6. The van der Waals surface area contributed by atoms with Crippen molar-refractivity contribution in [2.75, 3.05) is 25.1 Å². The smallest absolute Gasteiger partial charge is 0.246 e. The van der Waals surface area contributed by atoms with Crippen molar-refractivity contribution in [2.45, 2.75) is 52.6 Å². The van der Waals surface area contributed by atoms with Gasteiger partial charge in [0.1, 0.15) is 12.3 Å². The molecule has 1 atom stereocenters. The van der Waals surface area contributed by atoms with Gasteiger partial charge in [-0.3, -0.25) is 4.79 Å². The van der Waals surface area contributed by atoms with Crippen molar-refractivity contribution in [1.82, 2.24) is 15.0 Å². The summed E-state index contributed by atoms with van der Waals surface area (Å²) < 4.78 is 10.8. The molecule has 1 amide bonds. The summed E-state index contributed by atoms with van der Waals surface area (Å²) in [5.74, 6) is 1.76. The number of hydrogen-bond donors (Lipinski definition) is 0. The van der Waals surface area contributed by atoms with Crippen LogP contribution in [-0.2, 0) is 11.3 Å².